The highest BCUT2D eigenvalue weighted by Gasteiger charge is 2.15. The predicted octanol–water partition coefficient (Wildman–Crippen LogP) is 3.02. The Hall–Kier alpha value is -2.44. The van der Waals surface area contributed by atoms with Gasteiger partial charge in [-0.3, -0.25) is 0 Å². The Labute approximate surface area is 106 Å². The first-order valence-electron chi connectivity index (χ1n) is 5.28. The van der Waals surface area contributed by atoms with E-state index in [-0.39, 0.29) is 6.54 Å². The fourth-order valence-electron chi connectivity index (χ4n) is 1.37. The van der Waals surface area contributed by atoms with E-state index < -0.39 is 29.2 Å². The summed E-state index contributed by atoms with van der Waals surface area (Å²) in [5, 5.41) is 4.44. The summed E-state index contributed by atoms with van der Waals surface area (Å²) < 4.78 is 43.8. The molecule has 0 fully saturated rings. The van der Waals surface area contributed by atoms with Crippen LogP contribution in [0.25, 0.3) is 0 Å². The third-order valence-corrected chi connectivity index (χ3v) is 2.29. The topological polar surface area (TPSA) is 54.3 Å². The molecule has 0 saturated heterocycles. The molecule has 19 heavy (non-hydrogen) atoms. The highest BCUT2D eigenvalue weighted by atomic mass is 19.2. The lowest BCUT2D eigenvalue weighted by atomic mass is 10.3. The van der Waals surface area contributed by atoms with Crippen molar-refractivity contribution in [1.29, 1.82) is 0 Å². The van der Waals surface area contributed by atoms with E-state index in [9.17, 15) is 18.0 Å². The molecule has 0 radical (unpaired) electrons. The number of hydrogen-bond donors (Lipinski definition) is 2. The monoisotopic (exact) mass is 270 g/mol. The van der Waals surface area contributed by atoms with Gasteiger partial charge in [-0.25, -0.2) is 18.0 Å². The van der Waals surface area contributed by atoms with Gasteiger partial charge in [0.25, 0.3) is 0 Å². The Morgan fingerprint density at radius 3 is 2.63 bits per heavy atom. The maximum atomic E-state index is 13.3. The first-order chi connectivity index (χ1) is 9.08. The lowest BCUT2D eigenvalue weighted by Crippen LogP contribution is -2.28. The van der Waals surface area contributed by atoms with E-state index in [1.165, 1.54) is 6.26 Å². The molecule has 0 bridgehead atoms. The molecular formula is C12H9F3N2O2. The molecule has 0 atom stereocenters. The number of halogens is 3. The van der Waals surface area contributed by atoms with Gasteiger partial charge < -0.3 is 15.1 Å². The summed E-state index contributed by atoms with van der Waals surface area (Å²) in [6.45, 7) is 0.0874. The van der Waals surface area contributed by atoms with Crippen LogP contribution < -0.4 is 10.6 Å². The number of urea groups is 1. The number of nitrogens with one attached hydrogen (secondary N) is 2. The minimum atomic E-state index is -1.64. The molecule has 0 saturated carbocycles. The second-order valence-electron chi connectivity index (χ2n) is 3.61. The summed E-state index contributed by atoms with van der Waals surface area (Å²) in [5.41, 5.74) is -0.448. The summed E-state index contributed by atoms with van der Waals surface area (Å²) in [7, 11) is 0. The number of amides is 2. The van der Waals surface area contributed by atoms with Crippen LogP contribution in [0.3, 0.4) is 0 Å². The Kier molecular flexibility index (Phi) is 3.74. The second kappa shape index (κ2) is 5.47. The zero-order valence-electron chi connectivity index (χ0n) is 9.54. The molecule has 0 aliphatic rings. The molecule has 2 rings (SSSR count). The van der Waals surface area contributed by atoms with Crippen LogP contribution in [-0.4, -0.2) is 6.03 Å². The lowest BCUT2D eigenvalue weighted by molar-refractivity contribution is 0.250. The fraction of sp³-hybridized carbons (Fsp3) is 0.0833. The van der Waals surface area contributed by atoms with E-state index in [0.717, 1.165) is 12.1 Å². The van der Waals surface area contributed by atoms with E-state index in [1.807, 2.05) is 0 Å². The number of carbonyl (C=O) groups excluding carboxylic acids is 1. The number of furan rings is 1. The minimum absolute atomic E-state index is 0.0874. The van der Waals surface area contributed by atoms with E-state index >= 15 is 0 Å². The Bertz CT molecular complexity index is 585. The molecule has 0 spiro atoms. The average molecular weight is 270 g/mol. The molecule has 2 amide bonds. The van der Waals surface area contributed by atoms with E-state index in [1.54, 1.807) is 12.1 Å². The SMILES string of the molecule is O=C(NCc1ccco1)Nc1ccc(F)c(F)c1F. The molecule has 0 aliphatic carbocycles. The van der Waals surface area contributed by atoms with Crippen molar-refractivity contribution in [1.82, 2.24) is 5.32 Å². The van der Waals surface area contributed by atoms with Crippen LogP contribution in [-0.2, 0) is 6.54 Å². The molecule has 7 heteroatoms. The number of hydrogen-bond acceptors (Lipinski definition) is 2. The van der Waals surface area contributed by atoms with Gasteiger partial charge in [-0.15, -0.1) is 0 Å². The Morgan fingerprint density at radius 1 is 1.16 bits per heavy atom. The average Bonchev–Trinajstić information content (AvgIpc) is 2.90. The Balaban J connectivity index is 1.97. The first kappa shape index (κ1) is 13.0. The summed E-state index contributed by atoms with van der Waals surface area (Å²) >= 11 is 0. The lowest BCUT2D eigenvalue weighted by Gasteiger charge is -2.08. The van der Waals surface area contributed by atoms with Gasteiger partial charge >= 0.3 is 6.03 Å². The molecule has 0 aliphatic heterocycles. The third kappa shape index (κ3) is 3.06. The molecule has 2 N–H and O–H groups in total. The number of carbonyl (C=O) groups is 1. The van der Waals surface area contributed by atoms with Crippen LogP contribution in [0.5, 0.6) is 0 Å². The van der Waals surface area contributed by atoms with Crippen molar-refractivity contribution in [3.8, 4) is 0 Å². The number of rotatable bonds is 3. The van der Waals surface area contributed by atoms with Gasteiger partial charge in [0, 0.05) is 0 Å². The van der Waals surface area contributed by atoms with Gasteiger partial charge in [-0.2, -0.15) is 0 Å². The smallest absolute Gasteiger partial charge is 0.319 e. The molecular weight excluding hydrogens is 261 g/mol. The van der Waals surface area contributed by atoms with Crippen molar-refractivity contribution >= 4 is 11.7 Å². The maximum Gasteiger partial charge on any atom is 0.319 e. The van der Waals surface area contributed by atoms with Gasteiger partial charge in [-0.05, 0) is 24.3 Å². The highest BCUT2D eigenvalue weighted by Crippen LogP contribution is 2.19. The molecule has 0 unspecified atom stereocenters. The summed E-state index contributed by atoms with van der Waals surface area (Å²) in [6, 6.07) is 4.17. The zero-order chi connectivity index (χ0) is 13.8. The molecule has 1 aromatic heterocycles. The second-order valence-corrected chi connectivity index (χ2v) is 3.61. The zero-order valence-corrected chi connectivity index (χ0v) is 9.54. The Morgan fingerprint density at radius 2 is 1.95 bits per heavy atom. The summed E-state index contributed by atoms with van der Waals surface area (Å²) in [5.74, 6) is -3.91. The van der Waals surface area contributed by atoms with Crippen LogP contribution in [0.2, 0.25) is 0 Å². The van der Waals surface area contributed by atoms with Crippen molar-refractivity contribution in [3.05, 3.63) is 53.7 Å². The maximum absolute atomic E-state index is 13.3. The van der Waals surface area contributed by atoms with Gasteiger partial charge in [0.1, 0.15) is 5.76 Å². The molecule has 100 valence electrons. The quantitative estimate of drug-likeness (QED) is 0.842. The van der Waals surface area contributed by atoms with Gasteiger partial charge in [0.2, 0.25) is 0 Å². The first-order valence-corrected chi connectivity index (χ1v) is 5.28. The van der Waals surface area contributed by atoms with E-state index in [2.05, 4.69) is 10.6 Å². The molecule has 1 aromatic carbocycles. The van der Waals surface area contributed by atoms with E-state index in [0.29, 0.717) is 5.76 Å². The molecule has 4 nitrogen and oxygen atoms in total. The van der Waals surface area contributed by atoms with Gasteiger partial charge in [0.05, 0.1) is 18.5 Å². The minimum Gasteiger partial charge on any atom is -0.467 e. The number of benzene rings is 1. The van der Waals surface area contributed by atoms with Gasteiger partial charge in [0.15, 0.2) is 17.5 Å². The highest BCUT2D eigenvalue weighted by molar-refractivity contribution is 5.89. The van der Waals surface area contributed by atoms with Crippen LogP contribution in [0.4, 0.5) is 23.7 Å². The van der Waals surface area contributed by atoms with Crippen molar-refractivity contribution in [2.24, 2.45) is 0 Å². The van der Waals surface area contributed by atoms with Crippen LogP contribution in [0.15, 0.2) is 34.9 Å². The summed E-state index contributed by atoms with van der Waals surface area (Å²) in [4.78, 5) is 11.4. The predicted molar refractivity (Wildman–Crippen MR) is 60.9 cm³/mol. The molecule has 1 heterocycles. The summed E-state index contributed by atoms with van der Waals surface area (Å²) in [6.07, 6.45) is 1.43. The van der Waals surface area contributed by atoms with Crippen molar-refractivity contribution in [2.75, 3.05) is 5.32 Å². The van der Waals surface area contributed by atoms with Crippen molar-refractivity contribution < 1.29 is 22.4 Å². The fourth-order valence-corrected chi connectivity index (χ4v) is 1.37. The van der Waals surface area contributed by atoms with Crippen molar-refractivity contribution in [2.45, 2.75) is 6.54 Å². The van der Waals surface area contributed by atoms with Gasteiger partial charge in [-0.1, -0.05) is 0 Å². The standard InChI is InChI=1S/C12H9F3N2O2/c13-8-3-4-9(11(15)10(8)14)17-12(18)16-6-7-2-1-5-19-7/h1-5H,6H2,(H2,16,17,18). The number of anilines is 1. The molecule has 2 aromatic rings. The van der Waals surface area contributed by atoms with E-state index in [4.69, 9.17) is 4.42 Å². The van der Waals surface area contributed by atoms with Crippen molar-refractivity contribution in [3.63, 3.8) is 0 Å². The third-order valence-electron chi connectivity index (χ3n) is 2.29. The van der Waals surface area contributed by atoms with Crippen LogP contribution >= 0.6 is 0 Å². The van der Waals surface area contributed by atoms with Crippen LogP contribution in [0, 0.1) is 17.5 Å². The van der Waals surface area contributed by atoms with Crippen LogP contribution in [0.1, 0.15) is 5.76 Å². The normalized spacial score (nSPS) is 10.3. The largest absolute Gasteiger partial charge is 0.467 e.